The summed E-state index contributed by atoms with van der Waals surface area (Å²) in [7, 11) is -3.13. The number of amides is 4. The molecule has 1 heterocycles. The van der Waals surface area contributed by atoms with Crippen LogP contribution in [0.3, 0.4) is 0 Å². The van der Waals surface area contributed by atoms with Gasteiger partial charge in [-0.05, 0) is 26.0 Å². The quantitative estimate of drug-likeness (QED) is 0.616. The minimum atomic E-state index is -4.90. The Morgan fingerprint density at radius 1 is 1.32 bits per heavy atom. The number of carbonyl (C=O) groups excluding carboxylic acids is 3. The molecule has 0 aliphatic carbocycles. The van der Waals surface area contributed by atoms with E-state index < -0.39 is 74.8 Å². The zero-order valence-corrected chi connectivity index (χ0v) is 17.8. The molecule has 0 bridgehead atoms. The molecule has 1 aliphatic rings. The lowest BCUT2D eigenvalue weighted by atomic mass is 10.1. The first-order valence-corrected chi connectivity index (χ1v) is 10.4. The Labute approximate surface area is 179 Å². The number of nitrogens with one attached hydrogen (secondary N) is 2. The van der Waals surface area contributed by atoms with E-state index in [2.05, 4.69) is 0 Å². The molecule has 1 saturated heterocycles. The van der Waals surface area contributed by atoms with Gasteiger partial charge in [-0.1, -0.05) is 11.6 Å². The van der Waals surface area contributed by atoms with Gasteiger partial charge in [-0.25, -0.2) is 18.8 Å². The maximum atomic E-state index is 14.4. The van der Waals surface area contributed by atoms with E-state index in [9.17, 15) is 40.4 Å². The van der Waals surface area contributed by atoms with Gasteiger partial charge in [-0.2, -0.15) is 25.9 Å². The van der Waals surface area contributed by atoms with E-state index in [1.807, 2.05) is 0 Å². The fraction of sp³-hybridized carbons (Fsp3) is 0.438. The highest BCUT2D eigenvalue weighted by Gasteiger charge is 2.48. The van der Waals surface area contributed by atoms with Gasteiger partial charge in [0.05, 0.1) is 22.7 Å². The fourth-order valence-corrected chi connectivity index (χ4v) is 3.77. The summed E-state index contributed by atoms with van der Waals surface area (Å²) in [6.07, 6.45) is -6.11. The number of urea groups is 1. The van der Waals surface area contributed by atoms with E-state index in [4.69, 9.17) is 11.6 Å². The van der Waals surface area contributed by atoms with E-state index >= 15 is 0 Å². The van der Waals surface area contributed by atoms with Gasteiger partial charge in [-0.3, -0.25) is 9.59 Å². The van der Waals surface area contributed by atoms with Crippen molar-refractivity contribution in [1.29, 1.82) is 0 Å². The lowest BCUT2D eigenvalue weighted by Gasteiger charge is -2.32. The van der Waals surface area contributed by atoms with Crippen LogP contribution in [0.5, 0.6) is 0 Å². The van der Waals surface area contributed by atoms with Crippen molar-refractivity contribution in [3.05, 3.63) is 28.5 Å². The molecule has 0 aromatic heterocycles. The predicted molar refractivity (Wildman–Crippen MR) is 101 cm³/mol. The number of benzene rings is 1. The highest BCUT2D eigenvalue weighted by molar-refractivity contribution is 7.87. The number of carbonyl (C=O) groups is 3. The minimum absolute atomic E-state index is 0.0828. The van der Waals surface area contributed by atoms with E-state index in [0.717, 1.165) is 4.31 Å². The molecule has 172 valence electrons. The normalized spacial score (nSPS) is 17.9. The van der Waals surface area contributed by atoms with Crippen molar-refractivity contribution in [3.63, 3.8) is 0 Å². The first kappa shape index (κ1) is 24.8. The number of nitrogens with zero attached hydrogens (tertiary/aromatic N) is 2. The van der Waals surface area contributed by atoms with Crippen LogP contribution in [0.4, 0.5) is 28.0 Å². The van der Waals surface area contributed by atoms with Crippen molar-refractivity contribution < 1.29 is 40.4 Å². The molecule has 31 heavy (non-hydrogen) atoms. The summed E-state index contributed by atoms with van der Waals surface area (Å²) in [6, 6.07) is -3.43. The second-order valence-corrected chi connectivity index (χ2v) is 8.94. The summed E-state index contributed by atoms with van der Waals surface area (Å²) in [4.78, 5) is 36.7. The number of halogens is 5. The number of alkyl halides is 3. The molecule has 0 spiro atoms. The molecule has 15 heteroatoms. The van der Waals surface area contributed by atoms with Crippen molar-refractivity contribution in [2.75, 3.05) is 11.9 Å². The Bertz CT molecular complexity index is 1010. The molecule has 1 aromatic carbocycles. The summed E-state index contributed by atoms with van der Waals surface area (Å²) >= 11 is 5.80. The largest absolute Gasteiger partial charge is 0.409 e. The lowest BCUT2D eigenvalue weighted by Crippen LogP contribution is -2.59. The highest BCUT2D eigenvalue weighted by Crippen LogP contribution is 2.32. The maximum Gasteiger partial charge on any atom is 0.409 e. The average molecular weight is 489 g/mol. The third kappa shape index (κ3) is 5.25. The molecule has 1 unspecified atom stereocenters. The van der Waals surface area contributed by atoms with Crippen LogP contribution in [0.2, 0.25) is 5.02 Å². The molecular formula is C16H17ClF4N4O5S. The SMILES string of the molecule is CC(C)N(C)S(=O)(=O)NC(=O)c1cc(N2C(=O)CC(C(F)(F)F)NC2=O)c(F)cc1Cl. The van der Waals surface area contributed by atoms with Crippen LogP contribution in [0, 0.1) is 5.82 Å². The zero-order chi connectivity index (χ0) is 23.9. The maximum absolute atomic E-state index is 14.4. The Morgan fingerprint density at radius 3 is 2.39 bits per heavy atom. The second-order valence-electron chi connectivity index (χ2n) is 6.81. The first-order chi connectivity index (χ1) is 14.1. The second kappa shape index (κ2) is 8.59. The first-order valence-electron chi connectivity index (χ1n) is 8.55. The van der Waals surface area contributed by atoms with Crippen molar-refractivity contribution >= 4 is 45.3 Å². The molecular weight excluding hydrogens is 472 g/mol. The van der Waals surface area contributed by atoms with Crippen LogP contribution in [-0.4, -0.2) is 55.9 Å². The van der Waals surface area contributed by atoms with Gasteiger partial charge in [0.15, 0.2) is 0 Å². The Morgan fingerprint density at radius 2 is 1.90 bits per heavy atom. The summed E-state index contributed by atoms with van der Waals surface area (Å²) in [5, 5.41) is 0.974. The zero-order valence-electron chi connectivity index (χ0n) is 16.3. The topological polar surface area (TPSA) is 116 Å². The van der Waals surface area contributed by atoms with Gasteiger partial charge in [0.25, 0.3) is 5.91 Å². The Kier molecular flexibility index (Phi) is 6.88. The Balaban J connectivity index is 2.41. The molecule has 4 amide bonds. The highest BCUT2D eigenvalue weighted by atomic mass is 35.5. The fourth-order valence-electron chi connectivity index (χ4n) is 2.49. The number of hydrogen-bond acceptors (Lipinski definition) is 5. The summed E-state index contributed by atoms with van der Waals surface area (Å²) in [5.41, 5.74) is -1.50. The van der Waals surface area contributed by atoms with Crippen molar-refractivity contribution in [2.24, 2.45) is 0 Å². The molecule has 1 atom stereocenters. The van der Waals surface area contributed by atoms with E-state index in [-0.39, 0.29) is 4.90 Å². The van der Waals surface area contributed by atoms with Gasteiger partial charge >= 0.3 is 22.4 Å². The molecule has 1 aromatic rings. The standard InChI is InChI=1S/C16H17ClF4N4O5S/c1-7(2)24(3)31(29,30)23-14(27)8-4-11(10(18)5-9(8)17)25-13(26)6-12(16(19,20)21)22-15(25)28/h4-5,7,12H,6H2,1-3H3,(H,22,28)(H,23,27). The number of imide groups is 1. The van der Waals surface area contributed by atoms with E-state index in [0.29, 0.717) is 12.1 Å². The van der Waals surface area contributed by atoms with Crippen LogP contribution >= 0.6 is 11.6 Å². The van der Waals surface area contributed by atoms with Crippen LogP contribution in [0.25, 0.3) is 0 Å². The molecule has 2 rings (SSSR count). The number of hydrogen-bond donors (Lipinski definition) is 2. The van der Waals surface area contributed by atoms with Crippen LogP contribution in [0.15, 0.2) is 12.1 Å². The molecule has 2 N–H and O–H groups in total. The summed E-state index contributed by atoms with van der Waals surface area (Å²) in [5.74, 6) is -3.99. The molecule has 0 saturated carbocycles. The molecule has 9 nitrogen and oxygen atoms in total. The number of rotatable bonds is 5. The summed E-state index contributed by atoms with van der Waals surface area (Å²) < 4.78 is 79.7. The van der Waals surface area contributed by atoms with Gasteiger partial charge in [0.1, 0.15) is 11.9 Å². The minimum Gasteiger partial charge on any atom is -0.325 e. The van der Waals surface area contributed by atoms with Gasteiger partial charge < -0.3 is 5.32 Å². The third-order valence-electron chi connectivity index (χ3n) is 4.37. The Hall–Kier alpha value is -2.45. The number of anilines is 1. The van der Waals surface area contributed by atoms with E-state index in [1.165, 1.54) is 26.2 Å². The summed E-state index contributed by atoms with van der Waals surface area (Å²) in [6.45, 7) is 3.06. The van der Waals surface area contributed by atoms with Crippen LogP contribution in [0.1, 0.15) is 30.6 Å². The van der Waals surface area contributed by atoms with Crippen LogP contribution in [-0.2, 0) is 15.0 Å². The monoisotopic (exact) mass is 488 g/mol. The molecule has 0 radical (unpaired) electrons. The van der Waals surface area contributed by atoms with Crippen molar-refractivity contribution in [3.8, 4) is 0 Å². The van der Waals surface area contributed by atoms with Gasteiger partial charge in [-0.15, -0.1) is 0 Å². The van der Waals surface area contributed by atoms with Crippen molar-refractivity contribution in [2.45, 2.75) is 38.5 Å². The van der Waals surface area contributed by atoms with Crippen LogP contribution < -0.4 is 14.9 Å². The lowest BCUT2D eigenvalue weighted by molar-refractivity contribution is -0.160. The van der Waals surface area contributed by atoms with Gasteiger partial charge in [0, 0.05) is 13.1 Å². The smallest absolute Gasteiger partial charge is 0.325 e. The van der Waals surface area contributed by atoms with E-state index in [1.54, 1.807) is 4.72 Å². The van der Waals surface area contributed by atoms with Crippen molar-refractivity contribution in [1.82, 2.24) is 14.3 Å². The predicted octanol–water partition coefficient (Wildman–Crippen LogP) is 2.17. The average Bonchev–Trinajstić information content (AvgIpc) is 2.60. The molecule has 1 fully saturated rings. The third-order valence-corrected chi connectivity index (χ3v) is 6.31. The molecule has 1 aliphatic heterocycles. The van der Waals surface area contributed by atoms with Gasteiger partial charge in [0.2, 0.25) is 5.91 Å².